The van der Waals surface area contributed by atoms with Crippen LogP contribution in [-0.2, 0) is 6.54 Å². The molecule has 0 atom stereocenters. The summed E-state index contributed by atoms with van der Waals surface area (Å²) in [5.74, 6) is 0. The molecule has 1 N–H and O–H groups in total. The minimum atomic E-state index is 0.200. The van der Waals surface area contributed by atoms with Crippen LogP contribution >= 0.6 is 23.2 Å². The molecule has 0 spiro atoms. The van der Waals surface area contributed by atoms with Gasteiger partial charge >= 0.3 is 0 Å². The standard InChI is InChI=1S/C10H14Cl2N4/c11-9-8(6-14-10(12)15-9)7-16-4-1-2-13-3-5-16/h6,13H,1-5,7H2. The molecule has 16 heavy (non-hydrogen) atoms. The predicted molar refractivity (Wildman–Crippen MR) is 64.8 cm³/mol. The zero-order valence-electron chi connectivity index (χ0n) is 8.92. The van der Waals surface area contributed by atoms with Crippen molar-refractivity contribution < 1.29 is 0 Å². The molecule has 4 nitrogen and oxygen atoms in total. The van der Waals surface area contributed by atoms with Crippen LogP contribution in [0.2, 0.25) is 10.4 Å². The highest BCUT2D eigenvalue weighted by Crippen LogP contribution is 2.16. The Morgan fingerprint density at radius 3 is 3.00 bits per heavy atom. The van der Waals surface area contributed by atoms with E-state index in [1.165, 1.54) is 0 Å². The van der Waals surface area contributed by atoms with Gasteiger partial charge < -0.3 is 5.32 Å². The molecule has 2 heterocycles. The number of aromatic nitrogens is 2. The van der Waals surface area contributed by atoms with E-state index >= 15 is 0 Å². The van der Waals surface area contributed by atoms with Crippen molar-refractivity contribution in [3.63, 3.8) is 0 Å². The molecule has 1 aliphatic rings. The van der Waals surface area contributed by atoms with Crippen LogP contribution in [0.5, 0.6) is 0 Å². The molecule has 1 saturated heterocycles. The van der Waals surface area contributed by atoms with E-state index in [0.29, 0.717) is 5.15 Å². The molecule has 1 fully saturated rings. The van der Waals surface area contributed by atoms with E-state index in [1.54, 1.807) is 6.20 Å². The van der Waals surface area contributed by atoms with Crippen LogP contribution < -0.4 is 5.32 Å². The summed E-state index contributed by atoms with van der Waals surface area (Å²) in [7, 11) is 0. The van der Waals surface area contributed by atoms with Gasteiger partial charge in [0, 0.05) is 31.4 Å². The Labute approximate surface area is 105 Å². The molecule has 0 bridgehead atoms. The van der Waals surface area contributed by atoms with Gasteiger partial charge in [-0.3, -0.25) is 4.90 Å². The zero-order chi connectivity index (χ0) is 11.4. The van der Waals surface area contributed by atoms with Crippen LogP contribution in [0.25, 0.3) is 0 Å². The van der Waals surface area contributed by atoms with Gasteiger partial charge in [0.1, 0.15) is 5.15 Å². The van der Waals surface area contributed by atoms with Crippen LogP contribution in [0.1, 0.15) is 12.0 Å². The lowest BCUT2D eigenvalue weighted by atomic mass is 10.3. The topological polar surface area (TPSA) is 41.1 Å². The van der Waals surface area contributed by atoms with Crippen molar-refractivity contribution >= 4 is 23.2 Å². The molecule has 0 aliphatic carbocycles. The van der Waals surface area contributed by atoms with E-state index < -0.39 is 0 Å². The first-order valence-electron chi connectivity index (χ1n) is 5.36. The molecule has 1 aromatic rings. The smallest absolute Gasteiger partial charge is 0.223 e. The average Bonchev–Trinajstić information content (AvgIpc) is 2.51. The first-order valence-corrected chi connectivity index (χ1v) is 6.11. The lowest BCUT2D eigenvalue weighted by Crippen LogP contribution is -2.27. The van der Waals surface area contributed by atoms with Crippen molar-refractivity contribution in [2.45, 2.75) is 13.0 Å². The second-order valence-corrected chi connectivity index (χ2v) is 4.53. The Hall–Kier alpha value is -0.420. The van der Waals surface area contributed by atoms with Gasteiger partial charge in [0.2, 0.25) is 5.28 Å². The molecule has 0 aromatic carbocycles. The Kier molecular flexibility index (Phi) is 4.35. The van der Waals surface area contributed by atoms with E-state index in [-0.39, 0.29) is 5.28 Å². The van der Waals surface area contributed by atoms with Gasteiger partial charge in [-0.25, -0.2) is 9.97 Å². The minimum absolute atomic E-state index is 0.200. The largest absolute Gasteiger partial charge is 0.315 e. The predicted octanol–water partition coefficient (Wildman–Crippen LogP) is 1.58. The van der Waals surface area contributed by atoms with E-state index in [2.05, 4.69) is 20.2 Å². The van der Waals surface area contributed by atoms with E-state index in [9.17, 15) is 0 Å². The first kappa shape index (κ1) is 12.0. The quantitative estimate of drug-likeness (QED) is 0.648. The van der Waals surface area contributed by atoms with Gasteiger partial charge in [-0.15, -0.1) is 0 Å². The summed E-state index contributed by atoms with van der Waals surface area (Å²) in [6, 6.07) is 0. The lowest BCUT2D eigenvalue weighted by Gasteiger charge is -2.19. The maximum Gasteiger partial charge on any atom is 0.223 e. The molecule has 88 valence electrons. The minimum Gasteiger partial charge on any atom is -0.315 e. The summed E-state index contributed by atoms with van der Waals surface area (Å²) < 4.78 is 0. The third kappa shape index (κ3) is 3.28. The van der Waals surface area contributed by atoms with Crippen LogP contribution in [0.3, 0.4) is 0 Å². The van der Waals surface area contributed by atoms with Crippen molar-refractivity contribution in [1.82, 2.24) is 20.2 Å². The monoisotopic (exact) mass is 260 g/mol. The summed E-state index contributed by atoms with van der Waals surface area (Å²) in [5, 5.41) is 4.02. The number of halogens is 2. The fourth-order valence-corrected chi connectivity index (χ4v) is 2.14. The lowest BCUT2D eigenvalue weighted by molar-refractivity contribution is 0.284. The molecule has 1 aliphatic heterocycles. The Morgan fingerprint density at radius 2 is 2.19 bits per heavy atom. The Bertz CT molecular complexity index is 351. The summed E-state index contributed by atoms with van der Waals surface area (Å²) in [6.45, 7) is 5.00. The highest BCUT2D eigenvalue weighted by molar-refractivity contribution is 6.32. The van der Waals surface area contributed by atoms with Crippen molar-refractivity contribution in [1.29, 1.82) is 0 Å². The zero-order valence-corrected chi connectivity index (χ0v) is 10.4. The molecule has 0 radical (unpaired) electrons. The summed E-state index contributed by atoms with van der Waals surface area (Å²) in [6.07, 6.45) is 2.86. The second kappa shape index (κ2) is 5.77. The normalized spacial score (nSPS) is 18.4. The fraction of sp³-hybridized carbons (Fsp3) is 0.600. The number of hydrogen-bond acceptors (Lipinski definition) is 4. The van der Waals surface area contributed by atoms with Gasteiger partial charge in [-0.05, 0) is 31.1 Å². The molecule has 6 heteroatoms. The number of rotatable bonds is 2. The fourth-order valence-electron chi connectivity index (χ4n) is 1.77. The highest BCUT2D eigenvalue weighted by atomic mass is 35.5. The van der Waals surface area contributed by atoms with Gasteiger partial charge in [-0.1, -0.05) is 11.6 Å². The van der Waals surface area contributed by atoms with Gasteiger partial charge in [0.25, 0.3) is 0 Å². The van der Waals surface area contributed by atoms with Crippen molar-refractivity contribution in [2.24, 2.45) is 0 Å². The molecule has 0 amide bonds. The molecular formula is C10H14Cl2N4. The number of nitrogens with one attached hydrogen (secondary N) is 1. The average molecular weight is 261 g/mol. The van der Waals surface area contributed by atoms with Crippen molar-refractivity contribution in [2.75, 3.05) is 26.2 Å². The maximum absolute atomic E-state index is 6.01. The maximum atomic E-state index is 6.01. The SMILES string of the molecule is Clc1ncc(CN2CCCNCC2)c(Cl)n1. The van der Waals surface area contributed by atoms with Crippen LogP contribution in [-0.4, -0.2) is 41.0 Å². The molecule has 2 rings (SSSR count). The first-order chi connectivity index (χ1) is 7.75. The van der Waals surface area contributed by atoms with E-state index in [4.69, 9.17) is 23.2 Å². The van der Waals surface area contributed by atoms with Gasteiger partial charge in [0.05, 0.1) is 0 Å². The van der Waals surface area contributed by atoms with E-state index in [0.717, 1.165) is 44.7 Å². The second-order valence-electron chi connectivity index (χ2n) is 3.83. The van der Waals surface area contributed by atoms with E-state index in [1.807, 2.05) is 0 Å². The van der Waals surface area contributed by atoms with Gasteiger partial charge in [-0.2, -0.15) is 0 Å². The summed E-state index contributed by atoms with van der Waals surface area (Å²) in [4.78, 5) is 10.2. The Morgan fingerprint density at radius 1 is 1.31 bits per heavy atom. The number of hydrogen-bond donors (Lipinski definition) is 1. The highest BCUT2D eigenvalue weighted by Gasteiger charge is 2.12. The summed E-state index contributed by atoms with van der Waals surface area (Å²) in [5.41, 5.74) is 0.938. The van der Waals surface area contributed by atoms with Crippen LogP contribution in [0, 0.1) is 0 Å². The third-order valence-corrected chi connectivity index (χ3v) is 3.12. The van der Waals surface area contributed by atoms with Crippen LogP contribution in [0.4, 0.5) is 0 Å². The summed E-state index contributed by atoms with van der Waals surface area (Å²) >= 11 is 11.7. The third-order valence-electron chi connectivity index (χ3n) is 2.61. The Balaban J connectivity index is 2.01. The molecular weight excluding hydrogens is 247 g/mol. The van der Waals surface area contributed by atoms with Gasteiger partial charge in [0.15, 0.2) is 0 Å². The van der Waals surface area contributed by atoms with Crippen molar-refractivity contribution in [3.8, 4) is 0 Å². The molecule has 0 unspecified atom stereocenters. The van der Waals surface area contributed by atoms with Crippen LogP contribution in [0.15, 0.2) is 6.20 Å². The van der Waals surface area contributed by atoms with Crippen molar-refractivity contribution in [3.05, 3.63) is 22.2 Å². The molecule has 1 aromatic heterocycles. The molecule has 0 saturated carbocycles. The number of nitrogens with zero attached hydrogens (tertiary/aromatic N) is 3.